The van der Waals surface area contributed by atoms with Gasteiger partial charge in [-0.3, -0.25) is 9.59 Å². The second-order valence-electron chi connectivity index (χ2n) is 4.81. The second kappa shape index (κ2) is 3.77. The highest BCUT2D eigenvalue weighted by atomic mass is 16.2. The molecular weight excluding hydrogens is 204 g/mol. The van der Waals surface area contributed by atoms with E-state index in [0.717, 1.165) is 19.4 Å². The van der Waals surface area contributed by atoms with Gasteiger partial charge in [0.2, 0.25) is 5.56 Å². The Morgan fingerprint density at radius 2 is 2.19 bits per heavy atom. The number of likely N-dealkylation sites (tertiary alicyclic amines) is 1. The molecule has 0 bridgehead atoms. The Kier molecular flexibility index (Phi) is 2.58. The van der Waals surface area contributed by atoms with Crippen LogP contribution in [-0.4, -0.2) is 27.9 Å². The zero-order chi connectivity index (χ0) is 11.8. The number of aromatic amines is 1. The normalized spacial score (nSPS) is 18.8. The first-order valence-electron chi connectivity index (χ1n) is 5.51. The van der Waals surface area contributed by atoms with Crippen LogP contribution in [0.25, 0.3) is 0 Å². The standard InChI is InChI=1S/C12H16N2O2/c1-12(2)6-3-7-14(12)11(16)9-4-5-10(15)13-8-9/h4-5,8H,3,6-7H2,1-2H3,(H,13,15). The molecule has 2 heterocycles. The van der Waals surface area contributed by atoms with Crippen molar-refractivity contribution < 1.29 is 4.79 Å². The molecule has 86 valence electrons. The van der Waals surface area contributed by atoms with Gasteiger partial charge in [0.1, 0.15) is 0 Å². The maximum atomic E-state index is 12.2. The van der Waals surface area contributed by atoms with Crippen molar-refractivity contribution in [3.63, 3.8) is 0 Å². The molecule has 0 aliphatic carbocycles. The molecule has 1 aromatic rings. The van der Waals surface area contributed by atoms with Crippen LogP contribution < -0.4 is 5.56 Å². The Labute approximate surface area is 94.3 Å². The van der Waals surface area contributed by atoms with Crippen molar-refractivity contribution in [3.05, 3.63) is 34.2 Å². The number of aromatic nitrogens is 1. The Hall–Kier alpha value is -1.58. The maximum Gasteiger partial charge on any atom is 0.255 e. The van der Waals surface area contributed by atoms with Gasteiger partial charge in [0.15, 0.2) is 0 Å². The maximum absolute atomic E-state index is 12.2. The Morgan fingerprint density at radius 3 is 2.69 bits per heavy atom. The molecule has 0 unspecified atom stereocenters. The first kappa shape index (κ1) is 10.9. The molecule has 1 N–H and O–H groups in total. The lowest BCUT2D eigenvalue weighted by molar-refractivity contribution is 0.0651. The largest absolute Gasteiger partial charge is 0.333 e. The van der Waals surface area contributed by atoms with Crippen LogP contribution in [0.15, 0.2) is 23.1 Å². The summed E-state index contributed by atoms with van der Waals surface area (Å²) in [5.74, 6) is -0.00116. The quantitative estimate of drug-likeness (QED) is 0.777. The van der Waals surface area contributed by atoms with Gasteiger partial charge >= 0.3 is 0 Å². The van der Waals surface area contributed by atoms with E-state index in [2.05, 4.69) is 18.8 Å². The van der Waals surface area contributed by atoms with Crippen LogP contribution in [0.3, 0.4) is 0 Å². The summed E-state index contributed by atoms with van der Waals surface area (Å²) in [7, 11) is 0. The third kappa shape index (κ3) is 1.87. The van der Waals surface area contributed by atoms with Gasteiger partial charge in [-0.25, -0.2) is 0 Å². The van der Waals surface area contributed by atoms with Crippen molar-refractivity contribution in [2.45, 2.75) is 32.2 Å². The SMILES string of the molecule is CC1(C)CCCN1C(=O)c1ccc(=O)[nH]c1. The fraction of sp³-hybridized carbons (Fsp3) is 0.500. The second-order valence-corrected chi connectivity index (χ2v) is 4.81. The highest BCUT2D eigenvalue weighted by Gasteiger charge is 2.35. The van der Waals surface area contributed by atoms with E-state index in [-0.39, 0.29) is 17.0 Å². The Balaban J connectivity index is 2.25. The molecule has 4 heteroatoms. The summed E-state index contributed by atoms with van der Waals surface area (Å²) < 4.78 is 0. The highest BCUT2D eigenvalue weighted by Crippen LogP contribution is 2.29. The van der Waals surface area contributed by atoms with Crippen LogP contribution in [0.5, 0.6) is 0 Å². The molecule has 1 fully saturated rings. The lowest BCUT2D eigenvalue weighted by Gasteiger charge is -2.31. The molecular formula is C12H16N2O2. The van der Waals surface area contributed by atoms with Crippen LogP contribution in [-0.2, 0) is 0 Å². The van der Waals surface area contributed by atoms with Crippen molar-refractivity contribution in [2.24, 2.45) is 0 Å². The summed E-state index contributed by atoms with van der Waals surface area (Å²) in [6.07, 6.45) is 3.56. The van der Waals surface area contributed by atoms with Gasteiger partial charge in [0.25, 0.3) is 5.91 Å². The van der Waals surface area contributed by atoms with Gasteiger partial charge in [-0.1, -0.05) is 0 Å². The molecule has 1 saturated heterocycles. The predicted octanol–water partition coefficient (Wildman–Crippen LogP) is 1.39. The Morgan fingerprint density at radius 1 is 1.44 bits per heavy atom. The van der Waals surface area contributed by atoms with Crippen LogP contribution in [0.2, 0.25) is 0 Å². The first-order chi connectivity index (χ1) is 7.50. The van der Waals surface area contributed by atoms with E-state index in [9.17, 15) is 9.59 Å². The van der Waals surface area contributed by atoms with Gasteiger partial charge < -0.3 is 9.88 Å². The molecule has 2 rings (SSSR count). The van der Waals surface area contributed by atoms with Gasteiger partial charge in [0.05, 0.1) is 5.56 Å². The molecule has 1 aliphatic heterocycles. The highest BCUT2D eigenvalue weighted by molar-refractivity contribution is 5.94. The Bertz CT molecular complexity index is 442. The van der Waals surface area contributed by atoms with E-state index in [4.69, 9.17) is 0 Å². The van der Waals surface area contributed by atoms with Gasteiger partial charge in [-0.2, -0.15) is 0 Å². The lowest BCUT2D eigenvalue weighted by atomic mass is 10.0. The van der Waals surface area contributed by atoms with Crippen LogP contribution in [0.1, 0.15) is 37.0 Å². The van der Waals surface area contributed by atoms with Crippen LogP contribution in [0.4, 0.5) is 0 Å². The number of H-pyrrole nitrogens is 1. The van der Waals surface area contributed by atoms with E-state index < -0.39 is 0 Å². The molecule has 0 atom stereocenters. The van der Waals surface area contributed by atoms with Crippen molar-refractivity contribution in [2.75, 3.05) is 6.54 Å². The summed E-state index contributed by atoms with van der Waals surface area (Å²) in [6, 6.07) is 2.96. The summed E-state index contributed by atoms with van der Waals surface area (Å²) in [5, 5.41) is 0. The summed E-state index contributed by atoms with van der Waals surface area (Å²) in [4.78, 5) is 27.5. The number of hydrogen-bond acceptors (Lipinski definition) is 2. The summed E-state index contributed by atoms with van der Waals surface area (Å²) in [6.45, 7) is 4.94. The molecule has 0 radical (unpaired) electrons. The molecule has 0 spiro atoms. The van der Waals surface area contributed by atoms with Gasteiger partial charge in [-0.15, -0.1) is 0 Å². The van der Waals surface area contributed by atoms with Crippen molar-refractivity contribution in [1.82, 2.24) is 9.88 Å². The number of nitrogens with one attached hydrogen (secondary N) is 1. The predicted molar refractivity (Wildman–Crippen MR) is 61.4 cm³/mol. The number of carbonyl (C=O) groups excluding carboxylic acids is 1. The molecule has 1 amide bonds. The van der Waals surface area contributed by atoms with E-state index in [1.807, 2.05) is 4.90 Å². The minimum Gasteiger partial charge on any atom is -0.333 e. The van der Waals surface area contributed by atoms with Crippen LogP contribution in [0, 0.1) is 0 Å². The number of pyridine rings is 1. The fourth-order valence-electron chi connectivity index (χ4n) is 2.18. The molecule has 1 aliphatic rings. The van der Waals surface area contributed by atoms with Gasteiger partial charge in [-0.05, 0) is 32.8 Å². The molecule has 4 nitrogen and oxygen atoms in total. The van der Waals surface area contributed by atoms with Crippen molar-refractivity contribution in [1.29, 1.82) is 0 Å². The van der Waals surface area contributed by atoms with Crippen molar-refractivity contribution in [3.8, 4) is 0 Å². The van der Waals surface area contributed by atoms with Crippen LogP contribution >= 0.6 is 0 Å². The minimum absolute atomic E-state index is 0.00116. The molecule has 0 saturated carbocycles. The fourth-order valence-corrected chi connectivity index (χ4v) is 2.18. The third-order valence-electron chi connectivity index (χ3n) is 3.18. The smallest absolute Gasteiger partial charge is 0.255 e. The van der Waals surface area contributed by atoms with E-state index in [0.29, 0.717) is 5.56 Å². The molecule has 1 aromatic heterocycles. The lowest BCUT2D eigenvalue weighted by Crippen LogP contribution is -2.42. The molecule has 0 aromatic carbocycles. The minimum atomic E-state index is -0.183. The van der Waals surface area contributed by atoms with E-state index >= 15 is 0 Å². The average molecular weight is 220 g/mol. The first-order valence-corrected chi connectivity index (χ1v) is 5.51. The third-order valence-corrected chi connectivity index (χ3v) is 3.18. The van der Waals surface area contributed by atoms with Gasteiger partial charge in [0, 0.05) is 24.3 Å². The zero-order valence-corrected chi connectivity index (χ0v) is 9.62. The van der Waals surface area contributed by atoms with E-state index in [1.165, 1.54) is 12.3 Å². The number of hydrogen-bond donors (Lipinski definition) is 1. The average Bonchev–Trinajstić information content (AvgIpc) is 2.58. The molecule has 16 heavy (non-hydrogen) atoms. The number of carbonyl (C=O) groups is 1. The zero-order valence-electron chi connectivity index (χ0n) is 9.62. The summed E-state index contributed by atoms with van der Waals surface area (Å²) >= 11 is 0. The van der Waals surface area contributed by atoms with E-state index in [1.54, 1.807) is 6.07 Å². The monoisotopic (exact) mass is 220 g/mol. The number of rotatable bonds is 1. The topological polar surface area (TPSA) is 53.2 Å². The summed E-state index contributed by atoms with van der Waals surface area (Å²) in [5.41, 5.74) is 0.291. The number of amides is 1. The van der Waals surface area contributed by atoms with Crippen molar-refractivity contribution >= 4 is 5.91 Å². The number of nitrogens with zero attached hydrogens (tertiary/aromatic N) is 1.